The van der Waals surface area contributed by atoms with Crippen LogP contribution < -0.4 is 14.8 Å². The number of carbonyl (C=O) groups excluding carboxylic acids is 2. The Bertz CT molecular complexity index is 944. The van der Waals surface area contributed by atoms with E-state index < -0.39 is 5.97 Å². The van der Waals surface area contributed by atoms with E-state index in [1.807, 2.05) is 60.7 Å². The average Bonchev–Trinajstić information content (AvgIpc) is 2.80. The van der Waals surface area contributed by atoms with Crippen molar-refractivity contribution in [3.05, 3.63) is 96.1 Å². The van der Waals surface area contributed by atoms with Gasteiger partial charge in [-0.3, -0.25) is 4.79 Å². The summed E-state index contributed by atoms with van der Waals surface area (Å²) < 4.78 is 16.4. The summed E-state index contributed by atoms with van der Waals surface area (Å²) in [5.74, 6) is 0.130. The van der Waals surface area contributed by atoms with Gasteiger partial charge in [0.05, 0.1) is 0 Å². The molecule has 3 aromatic carbocycles. The van der Waals surface area contributed by atoms with Crippen LogP contribution in [0.2, 0.25) is 0 Å². The van der Waals surface area contributed by atoms with Crippen molar-refractivity contribution in [3.8, 4) is 11.5 Å². The lowest BCUT2D eigenvalue weighted by molar-refractivity contribution is -0.124. The SMILES string of the molecule is O=C(COC(=O)c1ccccc1OCCOc1ccccc1)NCc1ccccc1. The van der Waals surface area contributed by atoms with Crippen LogP contribution in [0.15, 0.2) is 84.9 Å². The molecular weight excluding hydrogens is 382 g/mol. The molecule has 3 aromatic rings. The molecule has 0 unspecified atom stereocenters. The Morgan fingerprint density at radius 1 is 0.733 bits per heavy atom. The van der Waals surface area contributed by atoms with Gasteiger partial charge in [-0.15, -0.1) is 0 Å². The molecule has 0 aliphatic rings. The molecule has 0 aliphatic carbocycles. The second-order valence-corrected chi connectivity index (χ2v) is 6.34. The first-order valence-corrected chi connectivity index (χ1v) is 9.60. The van der Waals surface area contributed by atoms with E-state index in [4.69, 9.17) is 14.2 Å². The highest BCUT2D eigenvalue weighted by Crippen LogP contribution is 2.19. The maximum Gasteiger partial charge on any atom is 0.342 e. The van der Waals surface area contributed by atoms with E-state index in [0.717, 1.165) is 11.3 Å². The monoisotopic (exact) mass is 405 g/mol. The smallest absolute Gasteiger partial charge is 0.342 e. The molecule has 0 spiro atoms. The minimum absolute atomic E-state index is 0.257. The molecule has 0 aliphatic heterocycles. The number of nitrogens with one attached hydrogen (secondary N) is 1. The van der Waals surface area contributed by atoms with Gasteiger partial charge in [0, 0.05) is 6.54 Å². The number of rotatable bonds is 10. The predicted molar refractivity (Wildman–Crippen MR) is 112 cm³/mol. The van der Waals surface area contributed by atoms with Crippen LogP contribution in [0.3, 0.4) is 0 Å². The fraction of sp³-hybridized carbons (Fsp3) is 0.167. The topological polar surface area (TPSA) is 73.9 Å². The van der Waals surface area contributed by atoms with Gasteiger partial charge in [0.2, 0.25) is 0 Å². The standard InChI is InChI=1S/C24H23NO5/c26-23(25-17-19-9-3-1-4-10-19)18-30-24(27)21-13-7-8-14-22(21)29-16-15-28-20-11-5-2-6-12-20/h1-14H,15-18H2,(H,25,26). The van der Waals surface area contributed by atoms with Crippen LogP contribution >= 0.6 is 0 Å². The van der Waals surface area contributed by atoms with Gasteiger partial charge >= 0.3 is 5.97 Å². The van der Waals surface area contributed by atoms with Gasteiger partial charge in [-0.25, -0.2) is 4.79 Å². The zero-order chi connectivity index (χ0) is 21.0. The lowest BCUT2D eigenvalue weighted by Gasteiger charge is -2.12. The van der Waals surface area contributed by atoms with E-state index in [9.17, 15) is 9.59 Å². The van der Waals surface area contributed by atoms with Gasteiger partial charge in [-0.05, 0) is 29.8 Å². The summed E-state index contributed by atoms with van der Waals surface area (Å²) in [5, 5.41) is 2.71. The van der Waals surface area contributed by atoms with Crippen LogP contribution in [0.4, 0.5) is 0 Å². The van der Waals surface area contributed by atoms with Gasteiger partial charge in [0.1, 0.15) is 30.3 Å². The van der Waals surface area contributed by atoms with E-state index >= 15 is 0 Å². The van der Waals surface area contributed by atoms with E-state index in [0.29, 0.717) is 18.9 Å². The molecular formula is C24H23NO5. The van der Waals surface area contributed by atoms with Crippen LogP contribution in [0.1, 0.15) is 15.9 Å². The molecule has 0 atom stereocenters. The number of hydrogen-bond acceptors (Lipinski definition) is 5. The van der Waals surface area contributed by atoms with Gasteiger partial charge in [-0.2, -0.15) is 0 Å². The third-order valence-electron chi connectivity index (χ3n) is 4.13. The van der Waals surface area contributed by atoms with Crippen LogP contribution in [-0.2, 0) is 16.1 Å². The van der Waals surface area contributed by atoms with Crippen LogP contribution in [0, 0.1) is 0 Å². The van der Waals surface area contributed by atoms with Crippen molar-refractivity contribution in [3.63, 3.8) is 0 Å². The molecule has 1 amide bonds. The third kappa shape index (κ3) is 6.67. The summed E-state index contributed by atoms with van der Waals surface area (Å²) in [4.78, 5) is 24.3. The largest absolute Gasteiger partial charge is 0.490 e. The zero-order valence-electron chi connectivity index (χ0n) is 16.5. The summed E-state index contributed by atoms with van der Waals surface area (Å²) in [6, 6.07) is 25.6. The number of hydrogen-bond donors (Lipinski definition) is 1. The summed E-state index contributed by atoms with van der Waals surface area (Å²) in [6.07, 6.45) is 0. The number of esters is 1. The highest BCUT2D eigenvalue weighted by atomic mass is 16.5. The number of ether oxygens (including phenoxy) is 3. The molecule has 6 heteroatoms. The molecule has 0 saturated carbocycles. The molecule has 154 valence electrons. The molecule has 0 bridgehead atoms. The Morgan fingerprint density at radius 2 is 1.37 bits per heavy atom. The Hall–Kier alpha value is -3.80. The minimum atomic E-state index is -0.621. The first-order chi connectivity index (χ1) is 14.7. The van der Waals surface area contributed by atoms with Gasteiger partial charge in [-0.1, -0.05) is 60.7 Å². The van der Waals surface area contributed by atoms with Crippen molar-refractivity contribution >= 4 is 11.9 Å². The van der Waals surface area contributed by atoms with Gasteiger partial charge < -0.3 is 19.5 Å². The Morgan fingerprint density at radius 3 is 2.13 bits per heavy atom. The van der Waals surface area contributed by atoms with Crippen molar-refractivity contribution in [2.24, 2.45) is 0 Å². The normalized spacial score (nSPS) is 10.1. The Kier molecular flexibility index (Phi) is 7.85. The van der Waals surface area contributed by atoms with Crippen molar-refractivity contribution in [1.82, 2.24) is 5.32 Å². The number of para-hydroxylation sites is 2. The van der Waals surface area contributed by atoms with Gasteiger partial charge in [0.15, 0.2) is 6.61 Å². The van der Waals surface area contributed by atoms with E-state index in [2.05, 4.69) is 5.32 Å². The minimum Gasteiger partial charge on any atom is -0.490 e. The second kappa shape index (κ2) is 11.3. The molecule has 0 radical (unpaired) electrons. The summed E-state index contributed by atoms with van der Waals surface area (Å²) in [7, 11) is 0. The van der Waals surface area contributed by atoms with E-state index in [-0.39, 0.29) is 24.7 Å². The lowest BCUT2D eigenvalue weighted by Crippen LogP contribution is -2.28. The summed E-state index contributed by atoms with van der Waals surface area (Å²) in [6.45, 7) is 0.599. The van der Waals surface area contributed by atoms with Crippen molar-refractivity contribution in [2.45, 2.75) is 6.54 Å². The number of carbonyl (C=O) groups is 2. The lowest BCUT2D eigenvalue weighted by atomic mass is 10.2. The maximum atomic E-state index is 12.4. The van der Waals surface area contributed by atoms with Crippen LogP contribution in [-0.4, -0.2) is 31.7 Å². The molecule has 0 fully saturated rings. The first kappa shape index (κ1) is 20.9. The van der Waals surface area contributed by atoms with Crippen LogP contribution in [0.25, 0.3) is 0 Å². The molecule has 6 nitrogen and oxygen atoms in total. The Labute approximate surface area is 175 Å². The molecule has 30 heavy (non-hydrogen) atoms. The third-order valence-corrected chi connectivity index (χ3v) is 4.13. The highest BCUT2D eigenvalue weighted by Gasteiger charge is 2.15. The van der Waals surface area contributed by atoms with Crippen molar-refractivity contribution in [2.75, 3.05) is 19.8 Å². The summed E-state index contributed by atoms with van der Waals surface area (Å²) in [5.41, 5.74) is 1.22. The molecule has 0 saturated heterocycles. The molecule has 0 aromatic heterocycles. The zero-order valence-corrected chi connectivity index (χ0v) is 16.5. The Balaban J connectivity index is 1.44. The van der Waals surface area contributed by atoms with E-state index in [1.54, 1.807) is 24.3 Å². The predicted octanol–water partition coefficient (Wildman–Crippen LogP) is 3.62. The first-order valence-electron chi connectivity index (χ1n) is 9.60. The second-order valence-electron chi connectivity index (χ2n) is 6.34. The fourth-order valence-electron chi connectivity index (χ4n) is 2.65. The molecule has 0 heterocycles. The molecule has 1 N–H and O–H groups in total. The number of amides is 1. The number of benzene rings is 3. The van der Waals surface area contributed by atoms with E-state index in [1.165, 1.54) is 0 Å². The highest BCUT2D eigenvalue weighted by molar-refractivity contribution is 5.93. The summed E-state index contributed by atoms with van der Waals surface area (Å²) >= 11 is 0. The maximum absolute atomic E-state index is 12.4. The van der Waals surface area contributed by atoms with Crippen molar-refractivity contribution < 1.29 is 23.8 Å². The van der Waals surface area contributed by atoms with Gasteiger partial charge in [0.25, 0.3) is 5.91 Å². The van der Waals surface area contributed by atoms with Crippen LogP contribution in [0.5, 0.6) is 11.5 Å². The average molecular weight is 405 g/mol. The van der Waals surface area contributed by atoms with Crippen molar-refractivity contribution in [1.29, 1.82) is 0 Å². The molecule has 3 rings (SSSR count). The fourth-order valence-corrected chi connectivity index (χ4v) is 2.65. The quantitative estimate of drug-likeness (QED) is 0.412.